The number of carbonyl (C=O) groups is 1. The van der Waals surface area contributed by atoms with Gasteiger partial charge in [0.05, 0.1) is 6.61 Å². The first kappa shape index (κ1) is 9.15. The van der Waals surface area contributed by atoms with Gasteiger partial charge in [0.1, 0.15) is 6.79 Å². The van der Waals surface area contributed by atoms with E-state index < -0.39 is 0 Å². The van der Waals surface area contributed by atoms with Gasteiger partial charge >= 0.3 is 0 Å². The van der Waals surface area contributed by atoms with Crippen molar-refractivity contribution in [2.75, 3.05) is 20.5 Å². The average molecular weight is 142 g/mol. The van der Waals surface area contributed by atoms with E-state index in [0.717, 1.165) is 0 Å². The van der Waals surface area contributed by atoms with E-state index in [4.69, 9.17) is 4.74 Å². The normalized spacial score (nSPS) is 8.10. The summed E-state index contributed by atoms with van der Waals surface area (Å²) in [6.07, 6.45) is 1.14. The molecule has 0 aromatic heterocycles. The third kappa shape index (κ3) is 7.15. The van der Waals surface area contributed by atoms with Crippen LogP contribution in [0.15, 0.2) is 0 Å². The number of carbonyl (C=O) groups excluding carboxylic acids is 1. The zero-order chi connectivity index (χ0) is 7.66. The molecular weight excluding hydrogens is 132 g/mol. The van der Waals surface area contributed by atoms with E-state index >= 15 is 0 Å². The smallest absolute Gasteiger partial charge is 0.192 e. The number of rotatable bonds is 4. The molecule has 3 heteroatoms. The first-order valence-corrected chi connectivity index (χ1v) is 2.90. The van der Waals surface area contributed by atoms with E-state index in [9.17, 15) is 4.79 Å². The van der Waals surface area contributed by atoms with Crippen molar-refractivity contribution >= 4 is 6.29 Å². The van der Waals surface area contributed by atoms with Gasteiger partial charge in [0.15, 0.2) is 6.29 Å². The third-order valence-corrected chi connectivity index (χ3v) is 0.734. The Kier molecular flexibility index (Phi) is 7.46. The zero-order valence-corrected chi connectivity index (χ0v) is 5.92. The van der Waals surface area contributed by atoms with Crippen LogP contribution < -0.4 is 0 Å². The maximum atomic E-state index is 9.65. The largest absolute Gasteiger partial charge is 0.359 e. The molecule has 0 aliphatic rings. The highest BCUT2D eigenvalue weighted by molar-refractivity contribution is 5.72. The van der Waals surface area contributed by atoms with Crippen molar-refractivity contribution in [2.45, 2.75) is 6.42 Å². The van der Waals surface area contributed by atoms with E-state index in [1.807, 2.05) is 0 Å². The Labute approximate surface area is 60.3 Å². The number of ether oxygens (including phenoxy) is 2. The van der Waals surface area contributed by atoms with Crippen LogP contribution in [0.25, 0.3) is 0 Å². The molecule has 0 aliphatic carbocycles. The highest BCUT2D eigenvalue weighted by atomic mass is 16.7. The lowest BCUT2D eigenvalue weighted by atomic mass is 10.4. The molecule has 0 unspecified atom stereocenters. The lowest BCUT2D eigenvalue weighted by molar-refractivity contribution is -0.103. The number of aldehydes is 1. The van der Waals surface area contributed by atoms with Crippen LogP contribution in [0.5, 0.6) is 0 Å². The lowest BCUT2D eigenvalue weighted by Crippen LogP contribution is -1.96. The number of hydrogen-bond donors (Lipinski definition) is 0. The summed E-state index contributed by atoms with van der Waals surface area (Å²) in [5, 5.41) is 0. The molecule has 3 nitrogen and oxygen atoms in total. The summed E-state index contributed by atoms with van der Waals surface area (Å²) >= 11 is 0. The summed E-state index contributed by atoms with van der Waals surface area (Å²) in [4.78, 5) is 9.65. The van der Waals surface area contributed by atoms with Gasteiger partial charge in [-0.2, -0.15) is 0 Å². The topological polar surface area (TPSA) is 35.5 Å². The first-order valence-electron chi connectivity index (χ1n) is 2.90. The van der Waals surface area contributed by atoms with Gasteiger partial charge < -0.3 is 9.47 Å². The number of methoxy groups -OCH3 is 1. The first-order chi connectivity index (χ1) is 4.91. The Morgan fingerprint density at radius 3 is 3.00 bits per heavy atom. The van der Waals surface area contributed by atoms with Crippen molar-refractivity contribution in [3.8, 4) is 11.8 Å². The van der Waals surface area contributed by atoms with Gasteiger partial charge in [-0.1, -0.05) is 5.92 Å². The monoisotopic (exact) mass is 142 g/mol. The second kappa shape index (κ2) is 8.15. The van der Waals surface area contributed by atoms with E-state index in [-0.39, 0.29) is 6.79 Å². The van der Waals surface area contributed by atoms with Crippen LogP contribution in [-0.2, 0) is 14.3 Å². The van der Waals surface area contributed by atoms with E-state index in [1.54, 1.807) is 7.11 Å². The van der Waals surface area contributed by atoms with Gasteiger partial charge in [0.25, 0.3) is 0 Å². The Morgan fingerprint density at radius 2 is 2.40 bits per heavy atom. The van der Waals surface area contributed by atoms with Gasteiger partial charge in [-0.3, -0.25) is 4.79 Å². The number of hydrogen-bond acceptors (Lipinski definition) is 3. The minimum Gasteiger partial charge on any atom is -0.359 e. The molecule has 0 saturated heterocycles. The molecule has 0 spiro atoms. The molecule has 0 aromatic carbocycles. The molecule has 0 fully saturated rings. The second-order valence-corrected chi connectivity index (χ2v) is 1.50. The van der Waals surface area contributed by atoms with Crippen molar-refractivity contribution in [3.63, 3.8) is 0 Å². The van der Waals surface area contributed by atoms with Crippen LogP contribution in [0.2, 0.25) is 0 Å². The third-order valence-electron chi connectivity index (χ3n) is 0.734. The van der Waals surface area contributed by atoms with Crippen molar-refractivity contribution < 1.29 is 14.3 Å². The molecule has 0 atom stereocenters. The molecule has 56 valence electrons. The quantitative estimate of drug-likeness (QED) is 0.243. The zero-order valence-electron chi connectivity index (χ0n) is 5.92. The molecule has 0 saturated carbocycles. The van der Waals surface area contributed by atoms with E-state index in [2.05, 4.69) is 16.6 Å². The minimum absolute atomic E-state index is 0.281. The fraction of sp³-hybridized carbons (Fsp3) is 0.571. The average Bonchev–Trinajstić information content (AvgIpc) is 1.97. The SMILES string of the molecule is COCOCCC#CC=O. The molecule has 0 bridgehead atoms. The summed E-state index contributed by atoms with van der Waals surface area (Å²) in [5.74, 6) is 4.87. The van der Waals surface area contributed by atoms with Crippen LogP contribution in [0.4, 0.5) is 0 Å². The Hall–Kier alpha value is -0.850. The summed E-state index contributed by atoms with van der Waals surface area (Å²) in [7, 11) is 1.55. The fourth-order valence-corrected chi connectivity index (χ4v) is 0.379. The Bertz CT molecular complexity index is 132. The molecule has 0 heterocycles. The van der Waals surface area contributed by atoms with Gasteiger partial charge in [-0.05, 0) is 5.92 Å². The van der Waals surface area contributed by atoms with Gasteiger partial charge in [-0.25, -0.2) is 0 Å². The van der Waals surface area contributed by atoms with Crippen LogP contribution in [0.1, 0.15) is 6.42 Å². The van der Waals surface area contributed by atoms with Crippen LogP contribution in [0, 0.1) is 11.8 Å². The van der Waals surface area contributed by atoms with Crippen molar-refractivity contribution in [2.24, 2.45) is 0 Å². The predicted molar refractivity (Wildman–Crippen MR) is 36.3 cm³/mol. The molecular formula is C7H10O3. The molecule has 10 heavy (non-hydrogen) atoms. The maximum Gasteiger partial charge on any atom is 0.192 e. The highest BCUT2D eigenvalue weighted by Gasteiger charge is 1.80. The second-order valence-electron chi connectivity index (χ2n) is 1.50. The van der Waals surface area contributed by atoms with Gasteiger partial charge in [-0.15, -0.1) is 0 Å². The van der Waals surface area contributed by atoms with Crippen molar-refractivity contribution in [3.05, 3.63) is 0 Å². The fourth-order valence-electron chi connectivity index (χ4n) is 0.379. The van der Waals surface area contributed by atoms with Gasteiger partial charge in [0, 0.05) is 13.5 Å². The molecule has 0 aliphatic heterocycles. The van der Waals surface area contributed by atoms with Crippen molar-refractivity contribution in [1.82, 2.24) is 0 Å². The van der Waals surface area contributed by atoms with Gasteiger partial charge in [0.2, 0.25) is 0 Å². The van der Waals surface area contributed by atoms with Crippen LogP contribution in [0.3, 0.4) is 0 Å². The molecule has 0 amide bonds. The van der Waals surface area contributed by atoms with E-state index in [0.29, 0.717) is 19.3 Å². The Morgan fingerprint density at radius 1 is 1.60 bits per heavy atom. The highest BCUT2D eigenvalue weighted by Crippen LogP contribution is 1.79. The lowest BCUT2D eigenvalue weighted by Gasteiger charge is -1.96. The standard InChI is InChI=1S/C7H10O3/c1-9-7-10-6-4-2-3-5-8/h5H,4,6-7H2,1H3. The molecule has 0 N–H and O–H groups in total. The molecule has 0 radical (unpaired) electrons. The molecule has 0 aromatic rings. The summed E-state index contributed by atoms with van der Waals surface area (Å²) in [5.41, 5.74) is 0. The summed E-state index contributed by atoms with van der Waals surface area (Å²) in [6.45, 7) is 0.789. The minimum atomic E-state index is 0.281. The molecule has 0 rings (SSSR count). The van der Waals surface area contributed by atoms with Crippen LogP contribution in [-0.4, -0.2) is 26.8 Å². The predicted octanol–water partition coefficient (Wildman–Crippen LogP) is 0.199. The van der Waals surface area contributed by atoms with Crippen LogP contribution >= 0.6 is 0 Å². The maximum absolute atomic E-state index is 9.65. The van der Waals surface area contributed by atoms with Crippen molar-refractivity contribution in [1.29, 1.82) is 0 Å². The summed E-state index contributed by atoms with van der Waals surface area (Å²) in [6, 6.07) is 0. The van der Waals surface area contributed by atoms with E-state index in [1.165, 1.54) is 0 Å². The summed E-state index contributed by atoms with van der Waals surface area (Å²) < 4.78 is 9.50. The Balaban J connectivity index is 2.97.